The Morgan fingerprint density at radius 1 is 0.202 bits per heavy atom. The van der Waals surface area contributed by atoms with Gasteiger partial charge in [-0.15, -0.1) is 0 Å². The van der Waals surface area contributed by atoms with Gasteiger partial charge in [0.25, 0.3) is 0 Å². The molecule has 9 heteroatoms. The van der Waals surface area contributed by atoms with E-state index in [4.69, 9.17) is 12.3 Å². The summed E-state index contributed by atoms with van der Waals surface area (Å²) in [7, 11) is 0. The average molecular weight is 1360 g/mol. The first-order chi connectivity index (χ1) is 42.7. The van der Waals surface area contributed by atoms with Gasteiger partial charge in [-0.3, -0.25) is 0 Å². The molecule has 0 aliphatic rings. The summed E-state index contributed by atoms with van der Waals surface area (Å²) in [4.78, 5) is 69.1. The van der Waals surface area contributed by atoms with Gasteiger partial charge in [0.1, 0.15) is 0 Å². The first kappa shape index (κ1) is 87.7. The van der Waals surface area contributed by atoms with Crippen molar-refractivity contribution >= 4 is 43.9 Å². The summed E-state index contributed by atoms with van der Waals surface area (Å²) >= 11 is -7.04. The Kier molecular flexibility index (Phi) is 46.0. The van der Waals surface area contributed by atoms with Crippen molar-refractivity contribution in [3.05, 3.63) is 0 Å². The molecular weight excluding hydrogens is 1210 g/mol. The third-order valence-corrected chi connectivity index (χ3v) is 29.4. The number of unbranched alkanes of at least 4 members (excludes halogenated alkanes) is 16. The zero-order valence-electron chi connectivity index (χ0n) is 63.7. The van der Waals surface area contributed by atoms with Gasteiger partial charge in [-0.25, -0.2) is 0 Å². The molecule has 0 amide bonds. The van der Waals surface area contributed by atoms with Crippen LogP contribution in [0.25, 0.3) is 0 Å². The van der Waals surface area contributed by atoms with Crippen molar-refractivity contribution in [2.45, 2.75) is 447 Å². The average Bonchev–Trinajstić information content (AvgIpc) is 0.904. The summed E-state index contributed by atoms with van der Waals surface area (Å²) in [6.45, 7) is 44.2. The van der Waals surface area contributed by atoms with Crippen LogP contribution in [0, 0.1) is 43.3 Å². The first-order valence-electron chi connectivity index (χ1n) is 39.7. The van der Waals surface area contributed by atoms with Crippen LogP contribution >= 0.6 is 0 Å². The summed E-state index contributed by atoms with van der Waals surface area (Å²) in [5, 5.41) is 0. The van der Waals surface area contributed by atoms with Crippen molar-refractivity contribution < 1.29 is 31.5 Å². The van der Waals surface area contributed by atoms with E-state index in [2.05, 4.69) is 138 Å². The van der Waals surface area contributed by atoms with E-state index in [1.54, 1.807) is 0 Å². The molecule has 0 aromatic rings. The molecule has 0 radical (unpaired) electrons. The van der Waals surface area contributed by atoms with E-state index in [9.17, 15) is 0 Å². The van der Waals surface area contributed by atoms with Crippen LogP contribution in [-0.4, -0.2) is 43.9 Å². The van der Waals surface area contributed by atoms with E-state index >= 15 is 19.2 Å². The van der Waals surface area contributed by atoms with Gasteiger partial charge in [0.05, 0.1) is 0 Å². The topological polar surface area (TPSA) is 105 Å². The summed E-state index contributed by atoms with van der Waals surface area (Å²) in [6, 6.07) is 0. The molecule has 0 rings (SSSR count). The second-order valence-electron chi connectivity index (χ2n) is 29.0. The monoisotopic (exact) mass is 1370 g/mol. The van der Waals surface area contributed by atoms with Crippen LogP contribution in [0.5, 0.6) is 0 Å². The summed E-state index contributed by atoms with van der Waals surface area (Å²) < 4.78 is 30.7. The number of hydrogen-bond acceptors (Lipinski definition) is 8. The maximum atomic E-state index is 17.3. The molecule has 89 heavy (non-hydrogen) atoms. The third kappa shape index (κ3) is 22.4. The Morgan fingerprint density at radius 2 is 0.326 bits per heavy atom. The molecule has 528 valence electrons. The fourth-order valence-electron chi connectivity index (χ4n) is 18.3. The number of carbonyl (C=O) groups is 4. The summed E-state index contributed by atoms with van der Waals surface area (Å²) in [6.07, 6.45) is 42.1. The van der Waals surface area contributed by atoms with Gasteiger partial charge in [-0.2, -0.15) is 0 Å². The molecule has 0 saturated carbocycles. The van der Waals surface area contributed by atoms with E-state index in [0.29, 0.717) is 51.4 Å². The normalized spacial score (nSPS) is 13.3. The van der Waals surface area contributed by atoms with Crippen molar-refractivity contribution in [3.8, 4) is 0 Å². The van der Waals surface area contributed by atoms with Crippen LogP contribution in [-0.2, 0) is 31.5 Å². The molecule has 0 aliphatic heterocycles. The molecular formula is C80H156O8Sn. The van der Waals surface area contributed by atoms with Gasteiger partial charge in [-0.05, 0) is 0 Å². The van der Waals surface area contributed by atoms with E-state index in [1.807, 2.05) is 0 Å². The summed E-state index contributed by atoms with van der Waals surface area (Å²) in [5.41, 5.74) is -6.11. The zero-order chi connectivity index (χ0) is 67.6. The minimum atomic E-state index is -7.04. The molecule has 8 nitrogen and oxygen atoms in total. The molecule has 0 aromatic carbocycles. The standard InChI is InChI=1S/4C20H40O2.Sn/c4*1-6-11-14-17-19(15-12-7-2,16-13-8-3)20(9-4,10-5)18(21)22;/h4*6-17H2,1-5H3,(H,21,22);/q;;;;+4/p-4. The molecule has 0 aliphatic carbocycles. The second kappa shape index (κ2) is 46.7. The number of carbonyl (C=O) groups excluding carboxylic acids is 4. The van der Waals surface area contributed by atoms with Gasteiger partial charge in [-0.1, -0.05) is 0 Å². The van der Waals surface area contributed by atoms with E-state index < -0.39 is 87.2 Å². The molecule has 0 saturated heterocycles. The van der Waals surface area contributed by atoms with Crippen molar-refractivity contribution in [3.63, 3.8) is 0 Å². The summed E-state index contributed by atoms with van der Waals surface area (Å²) in [5.74, 6) is -1.96. The fourth-order valence-corrected chi connectivity index (χ4v) is 23.9. The molecule has 0 N–H and O–H groups in total. The quantitative estimate of drug-likeness (QED) is 0.0438. The van der Waals surface area contributed by atoms with Gasteiger partial charge < -0.3 is 0 Å². The molecule has 0 bridgehead atoms. The number of hydrogen-bond donors (Lipinski definition) is 0. The van der Waals surface area contributed by atoms with E-state index in [0.717, 1.165) is 257 Å². The predicted octanol–water partition coefficient (Wildman–Crippen LogP) is 26.6. The molecule has 0 unspecified atom stereocenters. The van der Waals surface area contributed by atoms with Crippen molar-refractivity contribution in [2.75, 3.05) is 0 Å². The fraction of sp³-hybridized carbons (Fsp3) is 0.950. The van der Waals surface area contributed by atoms with Crippen LogP contribution in [0.4, 0.5) is 0 Å². The minimum absolute atomic E-state index is 0.466. The molecule has 0 aromatic heterocycles. The van der Waals surface area contributed by atoms with Crippen molar-refractivity contribution in [2.24, 2.45) is 43.3 Å². The Morgan fingerprint density at radius 3 is 0.438 bits per heavy atom. The van der Waals surface area contributed by atoms with E-state index in [1.165, 1.54) is 0 Å². The van der Waals surface area contributed by atoms with Crippen LogP contribution in [0.15, 0.2) is 0 Å². The van der Waals surface area contributed by atoms with Gasteiger partial charge in [0.2, 0.25) is 0 Å². The van der Waals surface area contributed by atoms with Crippen molar-refractivity contribution in [1.82, 2.24) is 0 Å². The Bertz CT molecular complexity index is 1530. The maximum absolute atomic E-state index is 17.3. The zero-order valence-corrected chi connectivity index (χ0v) is 66.6. The third-order valence-electron chi connectivity index (χ3n) is 24.4. The van der Waals surface area contributed by atoms with Crippen LogP contribution in [0.1, 0.15) is 447 Å². The second-order valence-corrected chi connectivity index (χ2v) is 34.2. The van der Waals surface area contributed by atoms with Crippen LogP contribution in [0.3, 0.4) is 0 Å². The Balaban J connectivity index is 10.6. The molecule has 0 atom stereocenters. The van der Waals surface area contributed by atoms with E-state index in [-0.39, 0.29) is 0 Å². The number of rotatable bonds is 60. The molecule has 0 spiro atoms. The van der Waals surface area contributed by atoms with Crippen LogP contribution < -0.4 is 0 Å². The Hall–Kier alpha value is -1.32. The van der Waals surface area contributed by atoms with Gasteiger partial charge in [0.15, 0.2) is 0 Å². The van der Waals surface area contributed by atoms with Crippen LogP contribution in [0.2, 0.25) is 0 Å². The van der Waals surface area contributed by atoms with Gasteiger partial charge in [0, 0.05) is 0 Å². The SMILES string of the molecule is CCCCCC(CCCC)(CCCC)C(CC)(CC)C(=O)[O][Sn]([O]C(=O)C(CC)(CC)C(CCCC)(CCCC)CCCCC)([O]C(=O)C(CC)(CC)C(CCCC)(CCCC)CCCCC)[O]C(=O)C(CC)(CC)C(CCCC)(CCCC)CCCCC. The predicted molar refractivity (Wildman–Crippen MR) is 385 cm³/mol. The first-order valence-corrected chi connectivity index (χ1v) is 44.3. The van der Waals surface area contributed by atoms with Crippen molar-refractivity contribution in [1.29, 1.82) is 0 Å². The molecule has 0 heterocycles. The van der Waals surface area contributed by atoms with Gasteiger partial charge >= 0.3 is 565 Å². The molecule has 0 fully saturated rings. The Labute approximate surface area is 561 Å².